The largest absolute Gasteiger partial charge is 0.460 e. The van der Waals surface area contributed by atoms with Crippen LogP contribution in [0.25, 0.3) is 0 Å². The molecule has 2 amide bonds. The van der Waals surface area contributed by atoms with Crippen molar-refractivity contribution in [3.05, 3.63) is 124 Å². The lowest BCUT2D eigenvalue weighted by Gasteiger charge is -2.43. The summed E-state index contributed by atoms with van der Waals surface area (Å²) < 4.78 is 11.6. The smallest absolute Gasteiger partial charge is 0.314 e. The average molecular weight is 665 g/mol. The first kappa shape index (κ1) is 35.1. The molecule has 1 aliphatic heterocycles. The standard InChI is InChI=1S/C39H44N4O6/c1-5-31(40-35(44)29-18-20-30(21-19-29)49-33-24-26(4)41-42-36(33)45)37(46)43-32(28-16-12-9-13-17-28)22-23-34(43)39(6-2,7-3)38(47)48-25-27-14-10-8-11-15-27/h8-21,24,31-32,34H,5-7,22-23,25H2,1-4H3,(H,40,44)(H,42,45)/t31-,32+,34-/m1/s1. The number of benzene rings is 3. The van der Waals surface area contributed by atoms with Crippen LogP contribution >= 0.6 is 0 Å². The number of carbonyl (C=O) groups is 3. The van der Waals surface area contributed by atoms with Crippen LogP contribution in [0.15, 0.2) is 95.8 Å². The Labute approximate surface area is 286 Å². The van der Waals surface area contributed by atoms with Gasteiger partial charge in [0.15, 0.2) is 5.75 Å². The fourth-order valence-electron chi connectivity index (χ4n) is 6.79. The van der Waals surface area contributed by atoms with E-state index in [0.29, 0.717) is 49.1 Å². The van der Waals surface area contributed by atoms with Gasteiger partial charge in [0.1, 0.15) is 18.4 Å². The summed E-state index contributed by atoms with van der Waals surface area (Å²) in [5, 5.41) is 9.18. The van der Waals surface area contributed by atoms with Crippen molar-refractivity contribution in [1.82, 2.24) is 20.4 Å². The first-order valence-electron chi connectivity index (χ1n) is 16.9. The SMILES string of the molecule is CC[C@@H](NC(=O)c1ccc(Oc2cc(C)n[nH]c2=O)cc1)C(=O)N1[C@H](c2ccccc2)CC[C@@H]1C(CC)(CC)C(=O)OCc1ccccc1. The molecule has 1 aromatic heterocycles. The van der Waals surface area contributed by atoms with Crippen LogP contribution in [0.2, 0.25) is 0 Å². The fraction of sp³-hybridized carbons (Fsp3) is 0.359. The van der Waals surface area contributed by atoms with Gasteiger partial charge in [0.05, 0.1) is 17.2 Å². The molecule has 0 aliphatic carbocycles. The number of nitrogens with one attached hydrogen (secondary N) is 2. The number of ether oxygens (including phenoxy) is 2. The van der Waals surface area contributed by atoms with E-state index in [-0.39, 0.29) is 30.3 Å². The van der Waals surface area contributed by atoms with Crippen molar-refractivity contribution in [3.8, 4) is 11.5 Å². The molecular weight excluding hydrogens is 620 g/mol. The highest BCUT2D eigenvalue weighted by Crippen LogP contribution is 2.47. The van der Waals surface area contributed by atoms with E-state index in [1.165, 1.54) is 6.07 Å². The molecule has 0 radical (unpaired) electrons. The zero-order valence-corrected chi connectivity index (χ0v) is 28.5. The Morgan fingerprint density at radius 2 is 1.59 bits per heavy atom. The van der Waals surface area contributed by atoms with Crippen LogP contribution in [0.1, 0.15) is 86.1 Å². The zero-order chi connectivity index (χ0) is 35.0. The maximum atomic E-state index is 14.6. The summed E-state index contributed by atoms with van der Waals surface area (Å²) in [5.74, 6) is -0.511. The molecular formula is C39H44N4O6. The van der Waals surface area contributed by atoms with Crippen LogP contribution in [-0.4, -0.2) is 45.0 Å². The predicted molar refractivity (Wildman–Crippen MR) is 186 cm³/mol. The first-order chi connectivity index (χ1) is 23.7. The van der Waals surface area contributed by atoms with Gasteiger partial charge in [-0.1, -0.05) is 81.4 Å². The Bertz CT molecular complexity index is 1790. The molecule has 49 heavy (non-hydrogen) atoms. The normalized spacial score (nSPS) is 16.5. The van der Waals surface area contributed by atoms with E-state index in [2.05, 4.69) is 15.5 Å². The average Bonchev–Trinajstić information content (AvgIpc) is 3.58. The third kappa shape index (κ3) is 7.74. The number of hydrogen-bond acceptors (Lipinski definition) is 7. The number of amides is 2. The van der Waals surface area contributed by atoms with Crippen molar-refractivity contribution in [2.45, 2.75) is 84.5 Å². The number of aromatic amines is 1. The summed E-state index contributed by atoms with van der Waals surface area (Å²) in [6.07, 6.45) is 2.65. The van der Waals surface area contributed by atoms with Gasteiger partial charge < -0.3 is 19.7 Å². The minimum absolute atomic E-state index is 0.0914. The van der Waals surface area contributed by atoms with Gasteiger partial charge in [0.25, 0.3) is 5.91 Å². The summed E-state index contributed by atoms with van der Waals surface area (Å²) in [4.78, 5) is 56.1. The number of carbonyl (C=O) groups excluding carboxylic acids is 3. The second kappa shape index (κ2) is 15.8. The van der Waals surface area contributed by atoms with Gasteiger partial charge in [-0.2, -0.15) is 5.10 Å². The third-order valence-corrected chi connectivity index (χ3v) is 9.60. The van der Waals surface area contributed by atoms with Gasteiger partial charge >= 0.3 is 11.5 Å². The van der Waals surface area contributed by atoms with Gasteiger partial charge in [-0.25, -0.2) is 5.10 Å². The number of likely N-dealkylation sites (tertiary alicyclic amines) is 1. The molecule has 256 valence electrons. The second-order valence-electron chi connectivity index (χ2n) is 12.5. The van der Waals surface area contributed by atoms with Crippen molar-refractivity contribution >= 4 is 17.8 Å². The van der Waals surface area contributed by atoms with Gasteiger partial charge in [0.2, 0.25) is 5.91 Å². The lowest BCUT2D eigenvalue weighted by atomic mass is 9.74. The van der Waals surface area contributed by atoms with Crippen molar-refractivity contribution in [2.75, 3.05) is 0 Å². The summed E-state index contributed by atoms with van der Waals surface area (Å²) in [7, 11) is 0. The number of hydrogen-bond donors (Lipinski definition) is 2. The number of esters is 1. The van der Waals surface area contributed by atoms with Crippen LogP contribution < -0.4 is 15.6 Å². The summed E-state index contributed by atoms with van der Waals surface area (Å²) in [5.41, 5.74) is 1.41. The van der Waals surface area contributed by atoms with Crippen LogP contribution in [0.5, 0.6) is 11.5 Å². The topological polar surface area (TPSA) is 131 Å². The highest BCUT2D eigenvalue weighted by atomic mass is 16.5. The molecule has 5 rings (SSSR count). The molecule has 1 fully saturated rings. The number of rotatable bonds is 13. The van der Waals surface area contributed by atoms with Crippen LogP contribution in [0.3, 0.4) is 0 Å². The second-order valence-corrected chi connectivity index (χ2v) is 12.5. The van der Waals surface area contributed by atoms with E-state index in [9.17, 15) is 19.2 Å². The van der Waals surface area contributed by atoms with Crippen molar-refractivity contribution < 1.29 is 23.9 Å². The minimum atomic E-state index is -0.929. The molecule has 2 heterocycles. The molecule has 0 spiro atoms. The van der Waals surface area contributed by atoms with Crippen molar-refractivity contribution in [1.29, 1.82) is 0 Å². The molecule has 0 saturated carbocycles. The quantitative estimate of drug-likeness (QED) is 0.153. The molecule has 10 heteroatoms. The van der Waals surface area contributed by atoms with E-state index in [0.717, 1.165) is 11.1 Å². The van der Waals surface area contributed by atoms with E-state index < -0.39 is 29.0 Å². The third-order valence-electron chi connectivity index (χ3n) is 9.60. The number of aromatic nitrogens is 2. The molecule has 2 N–H and O–H groups in total. The Morgan fingerprint density at radius 1 is 0.939 bits per heavy atom. The van der Waals surface area contributed by atoms with E-state index in [1.54, 1.807) is 31.2 Å². The number of H-pyrrole nitrogens is 1. The van der Waals surface area contributed by atoms with E-state index in [1.807, 2.05) is 86.3 Å². The number of nitrogens with zero attached hydrogens (tertiary/aromatic N) is 2. The maximum absolute atomic E-state index is 14.6. The van der Waals surface area contributed by atoms with Gasteiger partial charge in [-0.05, 0) is 74.4 Å². The summed E-state index contributed by atoms with van der Waals surface area (Å²) >= 11 is 0. The van der Waals surface area contributed by atoms with E-state index in [4.69, 9.17) is 9.47 Å². The highest BCUT2D eigenvalue weighted by molar-refractivity contribution is 5.98. The van der Waals surface area contributed by atoms with Crippen LogP contribution in [0.4, 0.5) is 0 Å². The lowest BCUT2D eigenvalue weighted by molar-refractivity contribution is -0.165. The van der Waals surface area contributed by atoms with Crippen LogP contribution in [-0.2, 0) is 20.9 Å². The minimum Gasteiger partial charge on any atom is -0.460 e. The predicted octanol–water partition coefficient (Wildman–Crippen LogP) is 6.66. The molecule has 1 aliphatic rings. The van der Waals surface area contributed by atoms with Gasteiger partial charge in [-0.3, -0.25) is 19.2 Å². The molecule has 10 nitrogen and oxygen atoms in total. The molecule has 3 aromatic carbocycles. The lowest BCUT2D eigenvalue weighted by Crippen LogP contribution is -2.56. The Kier molecular flexibility index (Phi) is 11.3. The highest BCUT2D eigenvalue weighted by Gasteiger charge is 2.53. The zero-order valence-electron chi connectivity index (χ0n) is 28.5. The Hall–Kier alpha value is -5.25. The van der Waals surface area contributed by atoms with Gasteiger partial charge in [-0.15, -0.1) is 0 Å². The first-order valence-corrected chi connectivity index (χ1v) is 16.9. The monoisotopic (exact) mass is 664 g/mol. The molecule has 0 unspecified atom stereocenters. The van der Waals surface area contributed by atoms with Crippen molar-refractivity contribution in [3.63, 3.8) is 0 Å². The van der Waals surface area contributed by atoms with Crippen molar-refractivity contribution in [2.24, 2.45) is 5.41 Å². The molecule has 0 bridgehead atoms. The Balaban J connectivity index is 1.38. The molecule has 4 aromatic rings. The van der Waals surface area contributed by atoms with E-state index >= 15 is 0 Å². The Morgan fingerprint density at radius 3 is 2.22 bits per heavy atom. The summed E-state index contributed by atoms with van der Waals surface area (Å²) in [6, 6.07) is 25.8. The summed E-state index contributed by atoms with van der Waals surface area (Å²) in [6.45, 7) is 7.70. The number of aryl methyl sites for hydroxylation is 1. The fourth-order valence-corrected chi connectivity index (χ4v) is 6.79. The van der Waals surface area contributed by atoms with Gasteiger partial charge in [0, 0.05) is 17.7 Å². The maximum Gasteiger partial charge on any atom is 0.314 e. The molecule has 3 atom stereocenters. The molecule has 1 saturated heterocycles. The van der Waals surface area contributed by atoms with Crippen LogP contribution in [0, 0.1) is 12.3 Å².